The van der Waals surface area contributed by atoms with Crippen LogP contribution in [-0.2, 0) is 0 Å². The molecule has 1 aromatic rings. The molecule has 0 radical (unpaired) electrons. The van der Waals surface area contributed by atoms with Gasteiger partial charge in [-0.05, 0) is 31.8 Å². The standard InChI is InChI=1S/C11H14ClN3/c12-11-6-13-10(5-14-11)9-7-15-3-1-8(9)2-4-15/h5-6,8-9H,1-4,7H2. The molecule has 0 N–H and O–H groups in total. The van der Waals surface area contributed by atoms with Crippen LogP contribution in [0.3, 0.4) is 0 Å². The summed E-state index contributed by atoms with van der Waals surface area (Å²) in [6, 6.07) is 0. The van der Waals surface area contributed by atoms with E-state index >= 15 is 0 Å². The van der Waals surface area contributed by atoms with Crippen molar-refractivity contribution in [1.82, 2.24) is 14.9 Å². The lowest BCUT2D eigenvalue weighted by Gasteiger charge is -2.44. The Bertz CT molecular complexity index is 343. The van der Waals surface area contributed by atoms with Gasteiger partial charge in [-0.1, -0.05) is 11.6 Å². The Hall–Kier alpha value is -0.670. The van der Waals surface area contributed by atoms with Crippen LogP contribution in [0.2, 0.25) is 5.15 Å². The first-order valence-electron chi connectivity index (χ1n) is 5.53. The number of nitrogens with zero attached hydrogens (tertiary/aromatic N) is 3. The summed E-state index contributed by atoms with van der Waals surface area (Å²) in [4.78, 5) is 11.1. The summed E-state index contributed by atoms with van der Waals surface area (Å²) in [5, 5.41) is 0.486. The van der Waals surface area contributed by atoms with Gasteiger partial charge in [-0.2, -0.15) is 0 Å². The third-order valence-electron chi connectivity index (χ3n) is 3.68. The minimum absolute atomic E-state index is 0.486. The van der Waals surface area contributed by atoms with Gasteiger partial charge in [-0.3, -0.25) is 4.98 Å². The maximum atomic E-state index is 5.75. The number of halogens is 1. The van der Waals surface area contributed by atoms with Crippen molar-refractivity contribution in [2.75, 3.05) is 19.6 Å². The van der Waals surface area contributed by atoms with Crippen molar-refractivity contribution in [1.29, 1.82) is 0 Å². The maximum Gasteiger partial charge on any atom is 0.147 e. The minimum Gasteiger partial charge on any atom is -0.303 e. The van der Waals surface area contributed by atoms with Crippen molar-refractivity contribution >= 4 is 11.6 Å². The van der Waals surface area contributed by atoms with Gasteiger partial charge in [0.05, 0.1) is 18.1 Å². The molecule has 0 spiro atoms. The molecule has 3 aliphatic heterocycles. The highest BCUT2D eigenvalue weighted by molar-refractivity contribution is 6.29. The molecular weight excluding hydrogens is 210 g/mol. The summed E-state index contributed by atoms with van der Waals surface area (Å²) >= 11 is 5.75. The number of hydrogen-bond acceptors (Lipinski definition) is 3. The fourth-order valence-corrected chi connectivity index (χ4v) is 2.91. The second kappa shape index (κ2) is 3.72. The number of aromatic nitrogens is 2. The van der Waals surface area contributed by atoms with E-state index in [-0.39, 0.29) is 0 Å². The normalized spacial score (nSPS) is 34.3. The van der Waals surface area contributed by atoms with Gasteiger partial charge in [0.2, 0.25) is 0 Å². The van der Waals surface area contributed by atoms with Crippen LogP contribution < -0.4 is 0 Å². The molecule has 0 aliphatic carbocycles. The van der Waals surface area contributed by atoms with Crippen LogP contribution in [-0.4, -0.2) is 34.5 Å². The van der Waals surface area contributed by atoms with Crippen LogP contribution in [0.25, 0.3) is 0 Å². The molecule has 0 aromatic carbocycles. The number of fused-ring (bicyclic) bond motifs is 3. The summed E-state index contributed by atoms with van der Waals surface area (Å²) in [6.45, 7) is 3.69. The van der Waals surface area contributed by atoms with Crippen LogP contribution in [0.1, 0.15) is 24.5 Å². The number of rotatable bonds is 1. The Kier molecular flexibility index (Phi) is 2.37. The largest absolute Gasteiger partial charge is 0.303 e. The second-order valence-electron chi connectivity index (χ2n) is 4.51. The Morgan fingerprint density at radius 3 is 2.53 bits per heavy atom. The third kappa shape index (κ3) is 1.74. The average molecular weight is 224 g/mol. The molecule has 3 fully saturated rings. The molecule has 15 heavy (non-hydrogen) atoms. The first-order valence-corrected chi connectivity index (χ1v) is 5.90. The van der Waals surface area contributed by atoms with Gasteiger partial charge in [-0.15, -0.1) is 0 Å². The minimum atomic E-state index is 0.486. The summed E-state index contributed by atoms with van der Waals surface area (Å²) in [7, 11) is 0. The molecule has 1 atom stereocenters. The Morgan fingerprint density at radius 2 is 2.00 bits per heavy atom. The van der Waals surface area contributed by atoms with Crippen LogP contribution in [0.4, 0.5) is 0 Å². The molecule has 1 aromatic heterocycles. The van der Waals surface area contributed by atoms with Crippen molar-refractivity contribution in [3.05, 3.63) is 23.2 Å². The molecule has 80 valence electrons. The first kappa shape index (κ1) is 9.55. The zero-order valence-corrected chi connectivity index (χ0v) is 9.32. The fraction of sp³-hybridized carbons (Fsp3) is 0.636. The molecule has 2 bridgehead atoms. The van der Waals surface area contributed by atoms with Crippen molar-refractivity contribution < 1.29 is 0 Å². The van der Waals surface area contributed by atoms with Gasteiger partial charge >= 0.3 is 0 Å². The molecule has 3 saturated heterocycles. The van der Waals surface area contributed by atoms with Crippen LogP contribution in [0.5, 0.6) is 0 Å². The molecule has 0 amide bonds. The van der Waals surface area contributed by atoms with Gasteiger partial charge in [0, 0.05) is 12.5 Å². The summed E-state index contributed by atoms with van der Waals surface area (Å²) in [5.41, 5.74) is 1.12. The van der Waals surface area contributed by atoms with Crippen molar-refractivity contribution in [3.63, 3.8) is 0 Å². The lowest BCUT2D eigenvalue weighted by molar-refractivity contribution is 0.0853. The van der Waals surface area contributed by atoms with E-state index in [2.05, 4.69) is 14.9 Å². The highest BCUT2D eigenvalue weighted by atomic mass is 35.5. The van der Waals surface area contributed by atoms with Gasteiger partial charge in [-0.25, -0.2) is 4.98 Å². The van der Waals surface area contributed by atoms with Crippen LogP contribution in [0, 0.1) is 5.92 Å². The second-order valence-corrected chi connectivity index (χ2v) is 4.90. The number of piperidine rings is 3. The van der Waals surface area contributed by atoms with E-state index in [1.165, 1.54) is 25.9 Å². The van der Waals surface area contributed by atoms with Crippen molar-refractivity contribution in [2.24, 2.45) is 5.92 Å². The third-order valence-corrected chi connectivity index (χ3v) is 3.87. The highest BCUT2D eigenvalue weighted by Gasteiger charge is 2.35. The first-order chi connectivity index (χ1) is 7.33. The van der Waals surface area contributed by atoms with E-state index in [9.17, 15) is 0 Å². The summed E-state index contributed by atoms with van der Waals surface area (Å²) in [5.74, 6) is 1.39. The predicted molar refractivity (Wildman–Crippen MR) is 58.9 cm³/mol. The fourth-order valence-electron chi connectivity index (χ4n) is 2.81. The van der Waals surface area contributed by atoms with Crippen molar-refractivity contribution in [2.45, 2.75) is 18.8 Å². The molecule has 4 heteroatoms. The Labute approximate surface area is 94.5 Å². The summed E-state index contributed by atoms with van der Waals surface area (Å²) in [6.07, 6.45) is 6.13. The van der Waals surface area contributed by atoms with Gasteiger partial charge in [0.15, 0.2) is 0 Å². The lowest BCUT2D eigenvalue weighted by atomic mass is 9.77. The van der Waals surface area contributed by atoms with Crippen LogP contribution >= 0.6 is 11.6 Å². The van der Waals surface area contributed by atoms with E-state index in [1.54, 1.807) is 6.20 Å². The predicted octanol–water partition coefficient (Wildman–Crippen LogP) is 1.94. The molecule has 1 unspecified atom stereocenters. The van der Waals surface area contributed by atoms with Gasteiger partial charge < -0.3 is 4.90 Å². The van der Waals surface area contributed by atoms with Crippen LogP contribution in [0.15, 0.2) is 12.4 Å². The Morgan fingerprint density at radius 1 is 1.20 bits per heavy atom. The molecule has 4 heterocycles. The van der Waals surface area contributed by atoms with E-state index in [0.29, 0.717) is 11.1 Å². The summed E-state index contributed by atoms with van der Waals surface area (Å²) < 4.78 is 0. The Balaban J connectivity index is 1.85. The van der Waals surface area contributed by atoms with Crippen molar-refractivity contribution in [3.8, 4) is 0 Å². The average Bonchev–Trinajstić information content (AvgIpc) is 2.31. The smallest absolute Gasteiger partial charge is 0.147 e. The lowest BCUT2D eigenvalue weighted by Crippen LogP contribution is -2.46. The SMILES string of the molecule is Clc1cnc(C2CN3CCC2CC3)cn1. The maximum absolute atomic E-state index is 5.75. The molecule has 3 nitrogen and oxygen atoms in total. The van der Waals surface area contributed by atoms with E-state index in [4.69, 9.17) is 11.6 Å². The molecule has 4 rings (SSSR count). The monoisotopic (exact) mass is 223 g/mol. The van der Waals surface area contributed by atoms with Gasteiger partial charge in [0.25, 0.3) is 0 Å². The molecule has 3 aliphatic rings. The molecule has 0 saturated carbocycles. The van der Waals surface area contributed by atoms with Gasteiger partial charge in [0.1, 0.15) is 5.15 Å². The zero-order valence-electron chi connectivity index (χ0n) is 8.56. The van der Waals surface area contributed by atoms with E-state index in [0.717, 1.165) is 18.2 Å². The quantitative estimate of drug-likeness (QED) is 0.729. The zero-order chi connectivity index (χ0) is 10.3. The topological polar surface area (TPSA) is 29.0 Å². The molecular formula is C11H14ClN3. The van der Waals surface area contributed by atoms with E-state index in [1.807, 2.05) is 6.20 Å². The highest BCUT2D eigenvalue weighted by Crippen LogP contribution is 2.37. The number of hydrogen-bond donors (Lipinski definition) is 0. The van der Waals surface area contributed by atoms with E-state index < -0.39 is 0 Å².